The Hall–Kier alpha value is -1.05. The molecule has 1 aromatic carbocycles. The van der Waals surface area contributed by atoms with E-state index in [1.165, 1.54) is 22.7 Å². The highest BCUT2D eigenvalue weighted by Crippen LogP contribution is 2.33. The zero-order valence-electron chi connectivity index (χ0n) is 10.4. The van der Waals surface area contributed by atoms with Crippen molar-refractivity contribution in [2.75, 3.05) is 17.1 Å². The van der Waals surface area contributed by atoms with Crippen LogP contribution < -0.4 is 10.0 Å². The summed E-state index contributed by atoms with van der Waals surface area (Å²) in [4.78, 5) is 0. The van der Waals surface area contributed by atoms with Gasteiger partial charge < -0.3 is 5.73 Å². The third kappa shape index (κ3) is 2.77. The lowest BCUT2D eigenvalue weighted by Crippen LogP contribution is -2.25. The predicted molar refractivity (Wildman–Crippen MR) is 83.2 cm³/mol. The van der Waals surface area contributed by atoms with Gasteiger partial charge in [-0.2, -0.15) is 0 Å². The van der Waals surface area contributed by atoms with Crippen molar-refractivity contribution >= 4 is 48.7 Å². The van der Waals surface area contributed by atoms with Crippen LogP contribution >= 0.6 is 27.3 Å². The highest BCUT2D eigenvalue weighted by Gasteiger charge is 2.24. The summed E-state index contributed by atoms with van der Waals surface area (Å²) in [6.45, 7) is 1.86. The number of thiophene rings is 1. The Labute approximate surface area is 125 Å². The highest BCUT2D eigenvalue weighted by molar-refractivity contribution is 9.11. The van der Waals surface area contributed by atoms with E-state index < -0.39 is 10.0 Å². The van der Waals surface area contributed by atoms with E-state index in [1.807, 2.05) is 6.92 Å². The van der Waals surface area contributed by atoms with Gasteiger partial charge in [-0.15, -0.1) is 11.3 Å². The molecule has 102 valence electrons. The summed E-state index contributed by atoms with van der Waals surface area (Å²) in [5.74, 6) is 0. The van der Waals surface area contributed by atoms with Crippen LogP contribution in [-0.2, 0) is 10.0 Å². The lowest BCUT2D eigenvalue weighted by atomic mass is 10.3. The molecule has 4 nitrogen and oxygen atoms in total. The van der Waals surface area contributed by atoms with Crippen LogP contribution in [-0.4, -0.2) is 15.5 Å². The number of anilines is 2. The average molecular weight is 361 g/mol. The molecule has 0 aliphatic carbocycles. The third-order valence-electron chi connectivity index (χ3n) is 2.68. The molecular weight excluding hydrogens is 348 g/mol. The summed E-state index contributed by atoms with van der Waals surface area (Å²) in [5.41, 5.74) is 7.66. The number of aryl methyl sites for hydroxylation is 1. The SMILES string of the molecule is Cc1cc(S(=O)(=O)N(C)c2cccc(N)c2)sc1Br. The Morgan fingerprint density at radius 3 is 2.53 bits per heavy atom. The van der Waals surface area contributed by atoms with Crippen LogP contribution in [0.4, 0.5) is 11.4 Å². The van der Waals surface area contributed by atoms with Crippen LogP contribution in [0.3, 0.4) is 0 Å². The van der Waals surface area contributed by atoms with Crippen molar-refractivity contribution in [3.63, 3.8) is 0 Å². The first-order valence-electron chi connectivity index (χ1n) is 5.43. The molecule has 0 aliphatic rings. The number of hydrogen-bond acceptors (Lipinski definition) is 4. The van der Waals surface area contributed by atoms with Gasteiger partial charge in [0.1, 0.15) is 4.21 Å². The van der Waals surface area contributed by atoms with E-state index >= 15 is 0 Å². The third-order valence-corrected chi connectivity index (χ3v) is 7.05. The molecule has 0 radical (unpaired) electrons. The first-order valence-corrected chi connectivity index (χ1v) is 8.48. The van der Waals surface area contributed by atoms with Crippen molar-refractivity contribution in [3.8, 4) is 0 Å². The second-order valence-corrected chi connectivity index (χ2v) is 8.66. The zero-order chi connectivity index (χ0) is 14.2. The van der Waals surface area contributed by atoms with E-state index in [-0.39, 0.29) is 0 Å². The van der Waals surface area contributed by atoms with E-state index in [4.69, 9.17) is 5.73 Å². The van der Waals surface area contributed by atoms with Gasteiger partial charge in [0.25, 0.3) is 10.0 Å². The Balaban J connectivity index is 2.45. The van der Waals surface area contributed by atoms with Crippen LogP contribution in [0.25, 0.3) is 0 Å². The Morgan fingerprint density at radius 1 is 1.32 bits per heavy atom. The van der Waals surface area contributed by atoms with Crippen molar-refractivity contribution in [3.05, 3.63) is 39.7 Å². The number of halogens is 1. The Morgan fingerprint density at radius 2 is 2.00 bits per heavy atom. The maximum Gasteiger partial charge on any atom is 0.273 e. The summed E-state index contributed by atoms with van der Waals surface area (Å²) in [7, 11) is -2.02. The number of nitrogen functional groups attached to an aromatic ring is 1. The van der Waals surface area contributed by atoms with E-state index in [0.29, 0.717) is 15.6 Å². The monoisotopic (exact) mass is 360 g/mol. The van der Waals surface area contributed by atoms with Gasteiger partial charge in [0.2, 0.25) is 0 Å². The zero-order valence-corrected chi connectivity index (χ0v) is 13.6. The molecule has 2 rings (SSSR count). The molecule has 0 fully saturated rings. The molecule has 0 saturated carbocycles. The molecule has 0 saturated heterocycles. The number of nitrogens with zero attached hydrogens (tertiary/aromatic N) is 1. The predicted octanol–water partition coefficient (Wildman–Crippen LogP) is 3.23. The second-order valence-electron chi connectivity index (χ2n) is 4.09. The summed E-state index contributed by atoms with van der Waals surface area (Å²) >= 11 is 4.55. The van der Waals surface area contributed by atoms with E-state index in [2.05, 4.69) is 15.9 Å². The van der Waals surface area contributed by atoms with Crippen LogP contribution in [0.5, 0.6) is 0 Å². The number of nitrogens with two attached hydrogens (primary N) is 1. The van der Waals surface area contributed by atoms with Crippen molar-refractivity contribution < 1.29 is 8.42 Å². The standard InChI is InChI=1S/C12H13BrN2O2S2/c1-8-6-11(18-12(8)13)19(16,17)15(2)10-5-3-4-9(14)7-10/h3-7H,14H2,1-2H3. The smallest absolute Gasteiger partial charge is 0.273 e. The maximum absolute atomic E-state index is 12.5. The van der Waals surface area contributed by atoms with Gasteiger partial charge >= 0.3 is 0 Å². The molecule has 2 N–H and O–H groups in total. The number of sulfonamides is 1. The Kier molecular flexibility index (Phi) is 3.89. The van der Waals surface area contributed by atoms with Crippen molar-refractivity contribution in [2.45, 2.75) is 11.1 Å². The fourth-order valence-electron chi connectivity index (χ4n) is 1.55. The quantitative estimate of drug-likeness (QED) is 0.854. The van der Waals surface area contributed by atoms with Gasteiger partial charge in [0.15, 0.2) is 0 Å². The summed E-state index contributed by atoms with van der Waals surface area (Å²) in [5, 5.41) is 0. The largest absolute Gasteiger partial charge is 0.399 e. The number of benzene rings is 1. The van der Waals surface area contributed by atoms with Gasteiger partial charge in [0, 0.05) is 12.7 Å². The van der Waals surface area contributed by atoms with Crippen molar-refractivity contribution in [1.29, 1.82) is 0 Å². The molecule has 2 aromatic rings. The summed E-state index contributed by atoms with van der Waals surface area (Å²) in [6.07, 6.45) is 0. The van der Waals surface area contributed by atoms with E-state index in [0.717, 1.165) is 9.35 Å². The minimum Gasteiger partial charge on any atom is -0.399 e. The molecular formula is C12H13BrN2O2S2. The van der Waals surface area contributed by atoms with E-state index in [1.54, 1.807) is 30.3 Å². The maximum atomic E-state index is 12.5. The van der Waals surface area contributed by atoms with Gasteiger partial charge in [-0.3, -0.25) is 4.31 Å². The fourth-order valence-corrected chi connectivity index (χ4v) is 5.14. The van der Waals surface area contributed by atoms with Gasteiger partial charge in [0.05, 0.1) is 9.47 Å². The molecule has 0 spiro atoms. The van der Waals surface area contributed by atoms with Crippen molar-refractivity contribution in [1.82, 2.24) is 0 Å². The van der Waals surface area contributed by atoms with Crippen molar-refractivity contribution in [2.24, 2.45) is 0 Å². The average Bonchev–Trinajstić information content (AvgIpc) is 2.69. The van der Waals surface area contributed by atoms with Gasteiger partial charge in [-0.05, 0) is 52.7 Å². The molecule has 0 amide bonds. The lowest BCUT2D eigenvalue weighted by Gasteiger charge is -2.18. The molecule has 7 heteroatoms. The molecule has 1 heterocycles. The normalized spacial score (nSPS) is 11.5. The molecule has 0 bridgehead atoms. The fraction of sp³-hybridized carbons (Fsp3) is 0.167. The van der Waals surface area contributed by atoms with Crippen LogP contribution in [0.1, 0.15) is 5.56 Å². The lowest BCUT2D eigenvalue weighted by molar-refractivity contribution is 0.596. The first kappa shape index (κ1) is 14.4. The minimum absolute atomic E-state index is 0.307. The summed E-state index contributed by atoms with van der Waals surface area (Å²) in [6, 6.07) is 8.45. The summed E-state index contributed by atoms with van der Waals surface area (Å²) < 4.78 is 27.3. The highest BCUT2D eigenvalue weighted by atomic mass is 79.9. The van der Waals surface area contributed by atoms with Crippen LogP contribution in [0.15, 0.2) is 38.3 Å². The first-order chi connectivity index (χ1) is 8.82. The molecule has 1 aromatic heterocycles. The second kappa shape index (κ2) is 5.15. The topological polar surface area (TPSA) is 63.4 Å². The van der Waals surface area contributed by atoms with Gasteiger partial charge in [-0.1, -0.05) is 6.07 Å². The molecule has 0 aliphatic heterocycles. The number of hydrogen-bond donors (Lipinski definition) is 1. The Bertz CT molecular complexity index is 691. The van der Waals surface area contributed by atoms with Gasteiger partial charge in [-0.25, -0.2) is 8.42 Å². The van der Waals surface area contributed by atoms with Crippen LogP contribution in [0, 0.1) is 6.92 Å². The minimum atomic E-state index is -3.54. The number of rotatable bonds is 3. The van der Waals surface area contributed by atoms with E-state index in [9.17, 15) is 8.42 Å². The molecule has 0 atom stereocenters. The van der Waals surface area contributed by atoms with Crippen LogP contribution in [0.2, 0.25) is 0 Å². The molecule has 19 heavy (non-hydrogen) atoms. The molecule has 0 unspecified atom stereocenters.